The van der Waals surface area contributed by atoms with Crippen LogP contribution in [-0.2, 0) is 13.1 Å². The highest BCUT2D eigenvalue weighted by atomic mass is 79.9. The van der Waals surface area contributed by atoms with E-state index >= 15 is 0 Å². The SMILES string of the molecule is CC(C)c1[nH]nc(C(=O)NCc2ccccc2Cn2cncn2)c1Br. The predicted octanol–water partition coefficient (Wildman–Crippen LogP) is 2.87. The fourth-order valence-corrected chi connectivity index (χ4v) is 3.32. The lowest BCUT2D eigenvalue weighted by molar-refractivity contribution is 0.0945. The van der Waals surface area contributed by atoms with Crippen LogP contribution < -0.4 is 5.32 Å². The molecule has 25 heavy (non-hydrogen) atoms. The number of nitrogens with zero attached hydrogens (tertiary/aromatic N) is 4. The Morgan fingerprint density at radius 1 is 1.32 bits per heavy atom. The number of hydrogen-bond acceptors (Lipinski definition) is 4. The number of H-pyrrole nitrogens is 1. The molecule has 3 rings (SSSR count). The molecular weight excluding hydrogens is 384 g/mol. The van der Waals surface area contributed by atoms with Gasteiger partial charge in [-0.15, -0.1) is 0 Å². The Morgan fingerprint density at radius 2 is 2.08 bits per heavy atom. The summed E-state index contributed by atoms with van der Waals surface area (Å²) in [6.07, 6.45) is 3.18. The van der Waals surface area contributed by atoms with E-state index in [0.717, 1.165) is 21.3 Å². The van der Waals surface area contributed by atoms with Crippen LogP contribution in [0.15, 0.2) is 41.4 Å². The van der Waals surface area contributed by atoms with Crippen LogP contribution in [0, 0.1) is 0 Å². The number of benzene rings is 1. The highest BCUT2D eigenvalue weighted by Gasteiger charge is 2.19. The van der Waals surface area contributed by atoms with Gasteiger partial charge in [-0.25, -0.2) is 9.67 Å². The topological polar surface area (TPSA) is 88.5 Å². The van der Waals surface area contributed by atoms with Gasteiger partial charge in [0.25, 0.3) is 5.91 Å². The van der Waals surface area contributed by atoms with Crippen molar-refractivity contribution in [3.8, 4) is 0 Å². The third kappa shape index (κ3) is 3.96. The zero-order valence-corrected chi connectivity index (χ0v) is 15.6. The first-order valence-electron chi connectivity index (χ1n) is 7.97. The molecule has 3 aromatic rings. The van der Waals surface area contributed by atoms with Crippen molar-refractivity contribution in [2.45, 2.75) is 32.9 Å². The van der Waals surface area contributed by atoms with Gasteiger partial charge >= 0.3 is 0 Å². The second kappa shape index (κ2) is 7.60. The molecule has 1 amide bonds. The minimum absolute atomic E-state index is 0.217. The Morgan fingerprint density at radius 3 is 2.72 bits per heavy atom. The van der Waals surface area contributed by atoms with Gasteiger partial charge in [0.05, 0.1) is 16.7 Å². The summed E-state index contributed by atoms with van der Waals surface area (Å²) in [6, 6.07) is 7.93. The summed E-state index contributed by atoms with van der Waals surface area (Å²) in [5, 5.41) is 14.1. The smallest absolute Gasteiger partial charge is 0.273 e. The lowest BCUT2D eigenvalue weighted by atomic mass is 10.1. The van der Waals surface area contributed by atoms with Crippen LogP contribution in [0.2, 0.25) is 0 Å². The van der Waals surface area contributed by atoms with Crippen molar-refractivity contribution in [3.63, 3.8) is 0 Å². The number of aromatic amines is 1. The van der Waals surface area contributed by atoms with Gasteiger partial charge in [-0.3, -0.25) is 9.89 Å². The molecule has 0 atom stereocenters. The van der Waals surface area contributed by atoms with Crippen LogP contribution in [0.25, 0.3) is 0 Å². The zero-order valence-electron chi connectivity index (χ0n) is 14.0. The number of halogens is 1. The van der Waals surface area contributed by atoms with Crippen molar-refractivity contribution < 1.29 is 4.79 Å². The number of carbonyl (C=O) groups is 1. The average Bonchev–Trinajstić information content (AvgIpc) is 3.23. The fourth-order valence-electron chi connectivity index (χ4n) is 2.51. The summed E-state index contributed by atoms with van der Waals surface area (Å²) in [4.78, 5) is 16.4. The molecule has 2 N–H and O–H groups in total. The van der Waals surface area contributed by atoms with Gasteiger partial charge in [0, 0.05) is 6.54 Å². The largest absolute Gasteiger partial charge is 0.347 e. The van der Waals surface area contributed by atoms with Crippen molar-refractivity contribution in [1.82, 2.24) is 30.3 Å². The lowest BCUT2D eigenvalue weighted by Crippen LogP contribution is -2.24. The molecule has 0 saturated heterocycles. The average molecular weight is 403 g/mol. The van der Waals surface area contributed by atoms with Gasteiger partial charge < -0.3 is 5.32 Å². The summed E-state index contributed by atoms with van der Waals surface area (Å²) in [5.41, 5.74) is 3.40. The molecule has 7 nitrogen and oxygen atoms in total. The van der Waals surface area contributed by atoms with E-state index in [9.17, 15) is 4.79 Å². The number of aromatic nitrogens is 5. The van der Waals surface area contributed by atoms with E-state index in [0.29, 0.717) is 18.8 Å². The highest BCUT2D eigenvalue weighted by molar-refractivity contribution is 9.10. The number of nitrogens with one attached hydrogen (secondary N) is 2. The maximum Gasteiger partial charge on any atom is 0.273 e. The second-order valence-electron chi connectivity index (χ2n) is 6.00. The van der Waals surface area contributed by atoms with Gasteiger partial charge in [0.1, 0.15) is 12.7 Å². The van der Waals surface area contributed by atoms with E-state index < -0.39 is 0 Å². The molecule has 0 fully saturated rings. The van der Waals surface area contributed by atoms with Crippen molar-refractivity contribution >= 4 is 21.8 Å². The number of hydrogen-bond donors (Lipinski definition) is 2. The van der Waals surface area contributed by atoms with E-state index in [1.54, 1.807) is 11.0 Å². The van der Waals surface area contributed by atoms with E-state index in [-0.39, 0.29) is 11.8 Å². The maximum atomic E-state index is 12.5. The molecule has 0 bridgehead atoms. The van der Waals surface area contributed by atoms with E-state index in [2.05, 4.69) is 41.5 Å². The van der Waals surface area contributed by atoms with Gasteiger partial charge in [-0.05, 0) is 33.0 Å². The molecule has 130 valence electrons. The van der Waals surface area contributed by atoms with E-state index in [1.807, 2.05) is 38.1 Å². The molecule has 0 aliphatic heterocycles. The molecule has 0 radical (unpaired) electrons. The normalized spacial score (nSPS) is 11.0. The molecule has 2 aromatic heterocycles. The summed E-state index contributed by atoms with van der Waals surface area (Å²) in [5.74, 6) is 0.0393. The fraction of sp³-hybridized carbons (Fsp3) is 0.294. The van der Waals surface area contributed by atoms with Crippen LogP contribution in [0.4, 0.5) is 0 Å². The Labute approximate surface area is 154 Å². The monoisotopic (exact) mass is 402 g/mol. The van der Waals surface area contributed by atoms with Crippen LogP contribution in [0.1, 0.15) is 47.1 Å². The highest BCUT2D eigenvalue weighted by Crippen LogP contribution is 2.25. The summed E-state index contributed by atoms with van der Waals surface area (Å²) in [7, 11) is 0. The number of amides is 1. The van der Waals surface area contributed by atoms with Crippen LogP contribution >= 0.6 is 15.9 Å². The zero-order chi connectivity index (χ0) is 17.8. The minimum Gasteiger partial charge on any atom is -0.347 e. The first-order valence-corrected chi connectivity index (χ1v) is 8.76. The standard InChI is InChI=1S/C17H19BrN6O/c1-11(2)15-14(18)16(23-22-15)17(25)20-7-12-5-3-4-6-13(12)8-24-10-19-9-21-24/h3-6,9-11H,7-8H2,1-2H3,(H,20,25)(H,22,23). The first-order chi connectivity index (χ1) is 12.1. The minimum atomic E-state index is -0.217. The lowest BCUT2D eigenvalue weighted by Gasteiger charge is -2.10. The van der Waals surface area contributed by atoms with Crippen LogP contribution in [0.5, 0.6) is 0 Å². The summed E-state index contributed by atoms with van der Waals surface area (Å²) >= 11 is 3.46. The Bertz CT molecular complexity index is 856. The molecule has 8 heteroatoms. The summed E-state index contributed by atoms with van der Waals surface area (Å²) < 4.78 is 2.47. The molecule has 1 aromatic carbocycles. The molecule has 0 unspecified atom stereocenters. The van der Waals surface area contributed by atoms with E-state index in [4.69, 9.17) is 0 Å². The van der Waals surface area contributed by atoms with Crippen LogP contribution in [0.3, 0.4) is 0 Å². The van der Waals surface area contributed by atoms with Crippen molar-refractivity contribution in [2.24, 2.45) is 0 Å². The molecule has 0 saturated carbocycles. The van der Waals surface area contributed by atoms with Gasteiger partial charge in [0.15, 0.2) is 5.69 Å². The maximum absolute atomic E-state index is 12.5. The predicted molar refractivity (Wildman–Crippen MR) is 97.1 cm³/mol. The first kappa shape index (κ1) is 17.3. The Kier molecular flexibility index (Phi) is 5.28. The third-order valence-corrected chi connectivity index (χ3v) is 4.68. The Balaban J connectivity index is 1.70. The summed E-state index contributed by atoms with van der Waals surface area (Å²) in [6.45, 7) is 5.11. The van der Waals surface area contributed by atoms with Crippen LogP contribution in [-0.4, -0.2) is 30.9 Å². The second-order valence-corrected chi connectivity index (χ2v) is 6.79. The number of rotatable bonds is 6. The molecule has 2 heterocycles. The molecule has 0 aliphatic carbocycles. The van der Waals surface area contributed by atoms with Crippen molar-refractivity contribution in [3.05, 3.63) is 63.9 Å². The third-order valence-electron chi connectivity index (χ3n) is 3.88. The number of carbonyl (C=O) groups excluding carboxylic acids is 1. The van der Waals surface area contributed by atoms with Gasteiger partial charge in [-0.2, -0.15) is 10.2 Å². The molecule has 0 aliphatic rings. The molecule has 0 spiro atoms. The van der Waals surface area contributed by atoms with Crippen molar-refractivity contribution in [2.75, 3.05) is 0 Å². The quantitative estimate of drug-likeness (QED) is 0.663. The molecular formula is C17H19BrN6O. The van der Waals surface area contributed by atoms with Crippen molar-refractivity contribution in [1.29, 1.82) is 0 Å². The van der Waals surface area contributed by atoms with Gasteiger partial charge in [0.2, 0.25) is 0 Å². The van der Waals surface area contributed by atoms with E-state index in [1.165, 1.54) is 6.33 Å². The Hall–Kier alpha value is -2.48. The van der Waals surface area contributed by atoms with Gasteiger partial charge in [-0.1, -0.05) is 38.1 Å².